The third-order valence-corrected chi connectivity index (χ3v) is 2.63. The quantitative estimate of drug-likeness (QED) is 0.719. The van der Waals surface area contributed by atoms with E-state index < -0.39 is 18.2 Å². The summed E-state index contributed by atoms with van der Waals surface area (Å²) in [6, 6.07) is 0. The minimum atomic E-state index is -1.03. The van der Waals surface area contributed by atoms with Gasteiger partial charge in [-0.1, -0.05) is 5.16 Å². The zero-order valence-corrected chi connectivity index (χ0v) is 9.54. The lowest BCUT2D eigenvalue weighted by atomic mass is 10.2. The normalized spacial score (nSPS) is 22.9. The molecule has 0 unspecified atom stereocenters. The smallest absolute Gasteiger partial charge is 0.332 e. The number of aliphatic carboxylic acids is 1. The molecular formula is C10H13N3O5. The number of amides is 1. The van der Waals surface area contributed by atoms with E-state index in [-0.39, 0.29) is 5.91 Å². The molecule has 1 aliphatic heterocycles. The van der Waals surface area contributed by atoms with Crippen molar-refractivity contribution in [3.05, 3.63) is 12.2 Å². The molecular weight excluding hydrogens is 242 g/mol. The molecule has 1 amide bonds. The van der Waals surface area contributed by atoms with E-state index in [0.29, 0.717) is 31.7 Å². The Bertz CT molecular complexity index is 419. The van der Waals surface area contributed by atoms with Gasteiger partial charge in [-0.05, 0) is 12.8 Å². The van der Waals surface area contributed by atoms with Crippen LogP contribution in [0.4, 0.5) is 0 Å². The number of hydrogen-bond donors (Lipinski definition) is 2. The molecule has 1 aromatic rings. The largest absolute Gasteiger partial charge is 0.479 e. The van der Waals surface area contributed by atoms with Gasteiger partial charge >= 0.3 is 5.97 Å². The summed E-state index contributed by atoms with van der Waals surface area (Å²) >= 11 is 0. The fraction of sp³-hybridized carbons (Fsp3) is 0.600. The summed E-state index contributed by atoms with van der Waals surface area (Å²) in [5, 5.41) is 14.8. The van der Waals surface area contributed by atoms with Crippen LogP contribution in [-0.4, -0.2) is 45.9 Å². The lowest BCUT2D eigenvalue weighted by molar-refractivity contribution is -0.151. The van der Waals surface area contributed by atoms with Gasteiger partial charge in [0.15, 0.2) is 12.4 Å². The van der Waals surface area contributed by atoms with Crippen LogP contribution >= 0.6 is 0 Å². The van der Waals surface area contributed by atoms with Gasteiger partial charge in [0.25, 0.3) is 0 Å². The van der Waals surface area contributed by atoms with Crippen LogP contribution in [0, 0.1) is 0 Å². The van der Waals surface area contributed by atoms with Gasteiger partial charge in [0, 0.05) is 13.0 Å². The second-order valence-corrected chi connectivity index (χ2v) is 3.90. The van der Waals surface area contributed by atoms with Crippen LogP contribution < -0.4 is 5.32 Å². The van der Waals surface area contributed by atoms with Gasteiger partial charge in [-0.2, -0.15) is 4.98 Å². The van der Waals surface area contributed by atoms with Crippen molar-refractivity contribution < 1.29 is 24.0 Å². The van der Waals surface area contributed by atoms with E-state index >= 15 is 0 Å². The zero-order chi connectivity index (χ0) is 13.0. The fourth-order valence-corrected chi connectivity index (χ4v) is 1.72. The molecule has 1 saturated heterocycles. The molecule has 0 spiro atoms. The van der Waals surface area contributed by atoms with Gasteiger partial charge in [-0.25, -0.2) is 4.79 Å². The molecule has 1 aliphatic rings. The number of carboxylic acid groups (broad SMARTS) is 1. The standard InChI is InChI=1S/C10H13N3O5/c14-9(6-1-2-7(17-6)10(15)16)11-4-3-8-12-5-13-18-8/h5-7H,1-4H2,(H,11,14)(H,15,16)/t6-,7+/m0/s1. The first-order valence-corrected chi connectivity index (χ1v) is 5.58. The highest BCUT2D eigenvalue weighted by atomic mass is 16.5. The van der Waals surface area contributed by atoms with Crippen LogP contribution in [0.1, 0.15) is 18.7 Å². The predicted octanol–water partition coefficient (Wildman–Crippen LogP) is -0.640. The molecule has 0 aliphatic carbocycles. The molecule has 1 aromatic heterocycles. The summed E-state index contributed by atoms with van der Waals surface area (Å²) in [5.41, 5.74) is 0. The summed E-state index contributed by atoms with van der Waals surface area (Å²) in [7, 11) is 0. The molecule has 2 atom stereocenters. The van der Waals surface area contributed by atoms with Crippen LogP contribution in [0.3, 0.4) is 0 Å². The maximum atomic E-state index is 11.6. The van der Waals surface area contributed by atoms with E-state index in [1.54, 1.807) is 0 Å². The maximum Gasteiger partial charge on any atom is 0.332 e. The molecule has 8 heteroatoms. The average Bonchev–Trinajstić information content (AvgIpc) is 2.99. The van der Waals surface area contributed by atoms with E-state index in [9.17, 15) is 9.59 Å². The average molecular weight is 255 g/mol. The first-order chi connectivity index (χ1) is 8.66. The number of nitrogens with zero attached hydrogens (tertiary/aromatic N) is 2. The first-order valence-electron chi connectivity index (χ1n) is 5.58. The Morgan fingerprint density at radius 3 is 2.83 bits per heavy atom. The van der Waals surface area contributed by atoms with Crippen molar-refractivity contribution in [2.75, 3.05) is 6.54 Å². The predicted molar refractivity (Wildman–Crippen MR) is 56.5 cm³/mol. The summed E-state index contributed by atoms with van der Waals surface area (Å²) in [4.78, 5) is 26.1. The Hall–Kier alpha value is -1.96. The third kappa shape index (κ3) is 3.04. The van der Waals surface area contributed by atoms with E-state index in [0.717, 1.165) is 0 Å². The van der Waals surface area contributed by atoms with Crippen molar-refractivity contribution >= 4 is 11.9 Å². The van der Waals surface area contributed by atoms with E-state index in [1.807, 2.05) is 0 Å². The molecule has 0 bridgehead atoms. The molecule has 0 radical (unpaired) electrons. The number of rotatable bonds is 5. The molecule has 98 valence electrons. The molecule has 1 fully saturated rings. The Kier molecular flexibility index (Phi) is 3.88. The number of aromatic nitrogens is 2. The third-order valence-electron chi connectivity index (χ3n) is 2.63. The second-order valence-electron chi connectivity index (χ2n) is 3.90. The summed E-state index contributed by atoms with van der Waals surface area (Å²) in [6.07, 6.45) is 0.932. The van der Waals surface area contributed by atoms with Crippen molar-refractivity contribution in [2.45, 2.75) is 31.5 Å². The topological polar surface area (TPSA) is 115 Å². The van der Waals surface area contributed by atoms with Gasteiger partial charge in [0.2, 0.25) is 11.8 Å². The van der Waals surface area contributed by atoms with Crippen LogP contribution in [0.15, 0.2) is 10.9 Å². The monoisotopic (exact) mass is 255 g/mol. The molecule has 18 heavy (non-hydrogen) atoms. The van der Waals surface area contributed by atoms with Crippen molar-refractivity contribution in [1.82, 2.24) is 15.5 Å². The summed E-state index contributed by atoms with van der Waals surface area (Å²) in [6.45, 7) is 0.346. The summed E-state index contributed by atoms with van der Waals surface area (Å²) < 4.78 is 9.88. The van der Waals surface area contributed by atoms with Gasteiger partial charge in [0.05, 0.1) is 0 Å². The van der Waals surface area contributed by atoms with Crippen molar-refractivity contribution in [3.8, 4) is 0 Å². The fourth-order valence-electron chi connectivity index (χ4n) is 1.72. The van der Waals surface area contributed by atoms with Crippen LogP contribution in [0.25, 0.3) is 0 Å². The molecule has 0 aromatic carbocycles. The van der Waals surface area contributed by atoms with Gasteiger partial charge in [-0.15, -0.1) is 0 Å². The van der Waals surface area contributed by atoms with Crippen molar-refractivity contribution in [1.29, 1.82) is 0 Å². The minimum Gasteiger partial charge on any atom is -0.479 e. The molecule has 2 N–H and O–H groups in total. The molecule has 0 saturated carbocycles. The first kappa shape index (κ1) is 12.5. The zero-order valence-electron chi connectivity index (χ0n) is 9.54. The molecule has 8 nitrogen and oxygen atoms in total. The van der Waals surface area contributed by atoms with Gasteiger partial charge in [-0.3, -0.25) is 4.79 Å². The van der Waals surface area contributed by atoms with Crippen molar-refractivity contribution in [2.24, 2.45) is 0 Å². The second kappa shape index (κ2) is 5.58. The van der Waals surface area contributed by atoms with Gasteiger partial charge < -0.3 is 19.7 Å². The lowest BCUT2D eigenvalue weighted by Crippen LogP contribution is -2.36. The van der Waals surface area contributed by atoms with Gasteiger partial charge in [0.1, 0.15) is 6.10 Å². The van der Waals surface area contributed by atoms with E-state index in [1.165, 1.54) is 6.33 Å². The maximum absolute atomic E-state index is 11.6. The Morgan fingerprint density at radius 2 is 2.22 bits per heavy atom. The Morgan fingerprint density at radius 1 is 1.44 bits per heavy atom. The minimum absolute atomic E-state index is 0.307. The Balaban J connectivity index is 1.71. The lowest BCUT2D eigenvalue weighted by Gasteiger charge is -2.10. The van der Waals surface area contributed by atoms with E-state index in [2.05, 4.69) is 15.5 Å². The molecule has 2 rings (SSSR count). The highest BCUT2D eigenvalue weighted by molar-refractivity contribution is 5.82. The molecule has 2 heterocycles. The number of carboxylic acids is 1. The number of carbonyl (C=O) groups excluding carboxylic acids is 1. The number of carbonyl (C=O) groups is 2. The summed E-state index contributed by atoms with van der Waals surface area (Å²) in [5.74, 6) is -0.902. The van der Waals surface area contributed by atoms with E-state index in [4.69, 9.17) is 14.4 Å². The number of ether oxygens (including phenoxy) is 1. The van der Waals surface area contributed by atoms with Crippen LogP contribution in [0.5, 0.6) is 0 Å². The van der Waals surface area contributed by atoms with Crippen molar-refractivity contribution in [3.63, 3.8) is 0 Å². The highest BCUT2D eigenvalue weighted by Crippen LogP contribution is 2.19. The Labute approximate surface area is 102 Å². The highest BCUT2D eigenvalue weighted by Gasteiger charge is 2.34. The van der Waals surface area contributed by atoms with Crippen LogP contribution in [0.2, 0.25) is 0 Å². The number of hydrogen-bond acceptors (Lipinski definition) is 6. The number of nitrogens with one attached hydrogen (secondary N) is 1. The van der Waals surface area contributed by atoms with Crippen LogP contribution in [-0.2, 0) is 20.7 Å². The SMILES string of the molecule is O=C(NCCc1ncno1)[C@@H]1CC[C@H](C(=O)O)O1.